The molecule has 4 aliphatic rings. The van der Waals surface area contributed by atoms with Gasteiger partial charge in [0, 0.05) is 12.1 Å². The number of hydrogen-bond donors (Lipinski definition) is 3. The van der Waals surface area contributed by atoms with Gasteiger partial charge in [0.2, 0.25) is 17.6 Å². The lowest BCUT2D eigenvalue weighted by Crippen LogP contribution is -2.63. The summed E-state index contributed by atoms with van der Waals surface area (Å²) in [7, 11) is 0. The Morgan fingerprint density at radius 3 is 2.11 bits per heavy atom. The number of nitrogens with one attached hydrogen (secondary N) is 1. The van der Waals surface area contributed by atoms with Crippen LogP contribution in [0.5, 0.6) is 0 Å². The SMILES string of the molecule is CC1(C)C2CN(C(=O)C(C3CCCCC3)N(C(=O)O)C(C)(C)C)C(C(=O)NC3(C(=O)C(N)=O)CC3)C21. The minimum absolute atomic E-state index is 0.0964. The Labute approximate surface area is 212 Å². The van der Waals surface area contributed by atoms with E-state index in [9.17, 15) is 29.1 Å². The van der Waals surface area contributed by atoms with E-state index in [1.165, 1.54) is 4.90 Å². The monoisotopic (exact) mass is 504 g/mol. The Morgan fingerprint density at radius 2 is 1.64 bits per heavy atom. The summed E-state index contributed by atoms with van der Waals surface area (Å²) in [6.45, 7) is 9.83. The number of hydrogen-bond acceptors (Lipinski definition) is 5. The lowest BCUT2D eigenvalue weighted by molar-refractivity contribution is -0.148. The Hall–Kier alpha value is -2.65. The predicted octanol–water partition coefficient (Wildman–Crippen LogP) is 1.90. The summed E-state index contributed by atoms with van der Waals surface area (Å²) in [6, 6.07) is -1.71. The Bertz CT molecular complexity index is 975. The van der Waals surface area contributed by atoms with Crippen molar-refractivity contribution in [2.24, 2.45) is 28.9 Å². The van der Waals surface area contributed by atoms with Crippen LogP contribution in [0.4, 0.5) is 4.79 Å². The number of carbonyl (C=O) groups excluding carboxylic acids is 4. The normalized spacial score (nSPS) is 29.0. The van der Waals surface area contributed by atoms with Gasteiger partial charge in [0.1, 0.15) is 17.6 Å². The molecule has 4 atom stereocenters. The third-order valence-corrected chi connectivity index (χ3v) is 9.09. The molecule has 3 saturated carbocycles. The smallest absolute Gasteiger partial charge is 0.408 e. The van der Waals surface area contributed by atoms with E-state index in [2.05, 4.69) is 19.2 Å². The Morgan fingerprint density at radius 1 is 1.06 bits per heavy atom. The van der Waals surface area contributed by atoms with Crippen LogP contribution in [-0.2, 0) is 19.2 Å². The summed E-state index contributed by atoms with van der Waals surface area (Å²) in [4.78, 5) is 67.1. The average Bonchev–Trinajstić information content (AvgIpc) is 3.59. The molecule has 10 heteroatoms. The number of rotatable bonds is 7. The first-order chi connectivity index (χ1) is 16.6. The zero-order valence-corrected chi connectivity index (χ0v) is 22.0. The molecule has 10 nitrogen and oxygen atoms in total. The highest BCUT2D eigenvalue weighted by atomic mass is 16.4. The van der Waals surface area contributed by atoms with Gasteiger partial charge in [-0.3, -0.25) is 24.1 Å². The van der Waals surface area contributed by atoms with Crippen molar-refractivity contribution in [1.29, 1.82) is 0 Å². The van der Waals surface area contributed by atoms with E-state index in [0.717, 1.165) is 32.1 Å². The number of carboxylic acid groups (broad SMARTS) is 1. The van der Waals surface area contributed by atoms with Crippen LogP contribution in [0.25, 0.3) is 0 Å². The van der Waals surface area contributed by atoms with Crippen LogP contribution < -0.4 is 11.1 Å². The minimum atomic E-state index is -1.28. The van der Waals surface area contributed by atoms with Crippen molar-refractivity contribution in [2.45, 2.75) is 103 Å². The number of ketones is 1. The molecule has 4 N–H and O–H groups in total. The van der Waals surface area contributed by atoms with E-state index >= 15 is 0 Å². The van der Waals surface area contributed by atoms with E-state index in [1.807, 2.05) is 0 Å². The number of nitrogens with zero attached hydrogens (tertiary/aromatic N) is 2. The Balaban J connectivity index is 1.66. The maximum absolute atomic E-state index is 14.3. The van der Waals surface area contributed by atoms with E-state index in [0.29, 0.717) is 19.4 Å². The predicted molar refractivity (Wildman–Crippen MR) is 131 cm³/mol. The molecule has 1 aliphatic heterocycles. The van der Waals surface area contributed by atoms with E-state index < -0.39 is 46.9 Å². The average molecular weight is 505 g/mol. The van der Waals surface area contributed by atoms with Gasteiger partial charge >= 0.3 is 6.09 Å². The third kappa shape index (κ3) is 4.36. The summed E-state index contributed by atoms with van der Waals surface area (Å²) in [5.41, 5.74) is 2.96. The number of likely N-dealkylation sites (tertiary alicyclic amines) is 1. The molecule has 4 rings (SSSR count). The maximum atomic E-state index is 14.3. The highest BCUT2D eigenvalue weighted by Gasteiger charge is 2.70. The van der Waals surface area contributed by atoms with Crippen LogP contribution in [0, 0.1) is 23.2 Å². The van der Waals surface area contributed by atoms with Crippen molar-refractivity contribution >= 4 is 29.6 Å². The summed E-state index contributed by atoms with van der Waals surface area (Å²) in [6.07, 6.45) is 3.97. The first-order valence-electron chi connectivity index (χ1n) is 13.1. The van der Waals surface area contributed by atoms with Gasteiger partial charge in [-0.05, 0) is 69.6 Å². The van der Waals surface area contributed by atoms with Gasteiger partial charge in [0.05, 0.1) is 0 Å². The number of fused-ring (bicyclic) bond motifs is 1. The van der Waals surface area contributed by atoms with Crippen LogP contribution >= 0.6 is 0 Å². The van der Waals surface area contributed by atoms with Crippen molar-refractivity contribution in [1.82, 2.24) is 15.1 Å². The van der Waals surface area contributed by atoms with Gasteiger partial charge < -0.3 is 21.1 Å². The number of primary amides is 1. The molecule has 1 heterocycles. The van der Waals surface area contributed by atoms with Crippen LogP contribution in [0.1, 0.15) is 79.6 Å². The molecule has 0 radical (unpaired) electrons. The molecule has 0 aromatic rings. The maximum Gasteiger partial charge on any atom is 0.408 e. The molecule has 0 bridgehead atoms. The summed E-state index contributed by atoms with van der Waals surface area (Å²) in [5.74, 6) is -2.82. The molecular formula is C26H40N4O6. The first-order valence-corrected chi connectivity index (χ1v) is 13.1. The minimum Gasteiger partial charge on any atom is -0.465 e. The fraction of sp³-hybridized carbons (Fsp3) is 0.808. The molecular weight excluding hydrogens is 464 g/mol. The zero-order valence-electron chi connectivity index (χ0n) is 22.0. The summed E-state index contributed by atoms with van der Waals surface area (Å²) >= 11 is 0. The van der Waals surface area contributed by atoms with Gasteiger partial charge in [-0.15, -0.1) is 0 Å². The molecule has 4 unspecified atom stereocenters. The van der Waals surface area contributed by atoms with Gasteiger partial charge in [-0.25, -0.2) is 4.79 Å². The lowest BCUT2D eigenvalue weighted by Gasteiger charge is -2.45. The molecule has 4 fully saturated rings. The van der Waals surface area contributed by atoms with Crippen molar-refractivity contribution in [3.05, 3.63) is 0 Å². The van der Waals surface area contributed by atoms with Crippen LogP contribution in [0.2, 0.25) is 0 Å². The Kier molecular flexibility index (Phi) is 6.41. The van der Waals surface area contributed by atoms with E-state index in [4.69, 9.17) is 5.73 Å². The second kappa shape index (κ2) is 8.73. The molecule has 1 saturated heterocycles. The number of nitrogens with two attached hydrogens (primary N) is 1. The molecule has 3 aliphatic carbocycles. The largest absolute Gasteiger partial charge is 0.465 e. The fourth-order valence-corrected chi connectivity index (χ4v) is 6.86. The molecule has 0 aromatic carbocycles. The molecule has 0 aromatic heterocycles. The van der Waals surface area contributed by atoms with Crippen molar-refractivity contribution in [2.75, 3.05) is 6.54 Å². The molecule has 200 valence electrons. The highest BCUT2D eigenvalue weighted by Crippen LogP contribution is 2.65. The summed E-state index contributed by atoms with van der Waals surface area (Å²) < 4.78 is 0. The van der Waals surface area contributed by atoms with Gasteiger partial charge in [-0.1, -0.05) is 33.1 Å². The lowest BCUT2D eigenvalue weighted by atomic mass is 9.81. The van der Waals surface area contributed by atoms with Crippen molar-refractivity contribution in [3.8, 4) is 0 Å². The van der Waals surface area contributed by atoms with Gasteiger partial charge in [-0.2, -0.15) is 0 Å². The highest BCUT2D eigenvalue weighted by molar-refractivity contribution is 6.40. The number of Topliss-reactive ketones (excluding diaryl/α,β-unsaturated/α-hetero) is 1. The van der Waals surface area contributed by atoms with E-state index in [1.54, 1.807) is 25.7 Å². The first kappa shape index (κ1) is 26.4. The summed E-state index contributed by atoms with van der Waals surface area (Å²) in [5, 5.41) is 12.9. The van der Waals surface area contributed by atoms with Gasteiger partial charge in [0.15, 0.2) is 0 Å². The van der Waals surface area contributed by atoms with Crippen molar-refractivity contribution in [3.63, 3.8) is 0 Å². The number of carbonyl (C=O) groups is 5. The van der Waals surface area contributed by atoms with Crippen molar-refractivity contribution < 1.29 is 29.1 Å². The van der Waals surface area contributed by atoms with Crippen LogP contribution in [-0.4, -0.2) is 74.2 Å². The molecule has 4 amide bonds. The van der Waals surface area contributed by atoms with Gasteiger partial charge in [0.25, 0.3) is 5.91 Å². The molecule has 0 spiro atoms. The fourth-order valence-electron chi connectivity index (χ4n) is 6.86. The quantitative estimate of drug-likeness (QED) is 0.451. The second-order valence-corrected chi connectivity index (χ2v) is 12.8. The third-order valence-electron chi connectivity index (χ3n) is 9.09. The molecule has 36 heavy (non-hydrogen) atoms. The van der Waals surface area contributed by atoms with Crippen LogP contribution in [0.3, 0.4) is 0 Å². The number of amides is 4. The number of piperidine rings is 1. The zero-order chi connectivity index (χ0) is 26.8. The second-order valence-electron chi connectivity index (χ2n) is 12.8. The topological polar surface area (TPSA) is 150 Å². The van der Waals surface area contributed by atoms with Crippen LogP contribution in [0.15, 0.2) is 0 Å². The van der Waals surface area contributed by atoms with E-state index in [-0.39, 0.29) is 29.1 Å². The standard InChI is InChI=1S/C26H40N4O6/c1-24(2,3)30(23(35)36)17(14-9-7-6-8-10-14)22(34)29-13-15-16(25(15,4)5)18(29)21(33)28-26(11-12-26)19(31)20(27)32/h14-18H,6-13H2,1-5H3,(H2,27,32)(H,28,33)(H,35,36).